The Kier molecular flexibility index (Phi) is 6.09. The molecule has 1 aromatic carbocycles. The van der Waals surface area contributed by atoms with Crippen LogP contribution in [0.25, 0.3) is 0 Å². The van der Waals surface area contributed by atoms with Crippen LogP contribution in [0.1, 0.15) is 37.0 Å². The lowest BCUT2D eigenvalue weighted by Gasteiger charge is -2.23. The molecule has 4 nitrogen and oxygen atoms in total. The summed E-state index contributed by atoms with van der Waals surface area (Å²) < 4.78 is 12.9. The summed E-state index contributed by atoms with van der Waals surface area (Å²) in [5, 5.41) is 2.75. The van der Waals surface area contributed by atoms with Gasteiger partial charge in [0.25, 0.3) is 5.91 Å². The third kappa shape index (κ3) is 4.77. The molecular weight excluding hydrogens is 293 g/mol. The molecule has 0 aliphatic rings. The van der Waals surface area contributed by atoms with E-state index >= 15 is 0 Å². The summed E-state index contributed by atoms with van der Waals surface area (Å²) in [6.45, 7) is 6.11. The highest BCUT2D eigenvalue weighted by Gasteiger charge is 2.11. The van der Waals surface area contributed by atoms with Crippen LogP contribution in [-0.2, 0) is 0 Å². The molecule has 0 saturated carbocycles. The SMILES string of the molecule is CCCN(CCC)c1cncc(C(=O)Nc2ccc(F)cc2)c1. The standard InChI is InChI=1S/C18H22FN3O/c1-3-9-22(10-4-2)17-11-14(12-20-13-17)18(23)21-16-7-5-15(19)6-8-16/h5-8,11-13H,3-4,9-10H2,1-2H3,(H,21,23). The Labute approximate surface area is 136 Å². The fourth-order valence-electron chi connectivity index (χ4n) is 2.37. The molecule has 1 heterocycles. The Morgan fingerprint density at radius 3 is 2.39 bits per heavy atom. The summed E-state index contributed by atoms with van der Waals surface area (Å²) in [6, 6.07) is 7.54. The van der Waals surface area contributed by atoms with Crippen LogP contribution in [0, 0.1) is 5.82 Å². The highest BCUT2D eigenvalue weighted by atomic mass is 19.1. The fourth-order valence-corrected chi connectivity index (χ4v) is 2.37. The van der Waals surface area contributed by atoms with Gasteiger partial charge in [-0.2, -0.15) is 0 Å². The average Bonchev–Trinajstić information content (AvgIpc) is 2.57. The number of halogens is 1. The van der Waals surface area contributed by atoms with E-state index in [4.69, 9.17) is 0 Å². The van der Waals surface area contributed by atoms with E-state index in [2.05, 4.69) is 29.0 Å². The number of anilines is 2. The Bertz CT molecular complexity index is 637. The van der Waals surface area contributed by atoms with E-state index in [9.17, 15) is 9.18 Å². The normalized spacial score (nSPS) is 10.4. The molecule has 5 heteroatoms. The molecule has 0 atom stereocenters. The number of nitrogens with zero attached hydrogens (tertiary/aromatic N) is 2. The minimum atomic E-state index is -0.332. The van der Waals surface area contributed by atoms with Crippen LogP contribution in [0.15, 0.2) is 42.7 Å². The summed E-state index contributed by atoms with van der Waals surface area (Å²) in [5.41, 5.74) is 1.99. The van der Waals surface area contributed by atoms with Gasteiger partial charge in [-0.1, -0.05) is 13.8 Å². The number of carbonyl (C=O) groups is 1. The van der Waals surface area contributed by atoms with Crippen molar-refractivity contribution in [3.8, 4) is 0 Å². The quantitative estimate of drug-likeness (QED) is 0.836. The summed E-state index contributed by atoms with van der Waals surface area (Å²) in [5.74, 6) is -0.583. The molecule has 0 spiro atoms. The second kappa shape index (κ2) is 8.27. The van der Waals surface area contributed by atoms with Gasteiger partial charge in [-0.05, 0) is 43.2 Å². The molecule has 2 aromatic rings. The van der Waals surface area contributed by atoms with Crippen molar-refractivity contribution in [1.29, 1.82) is 0 Å². The first-order valence-corrected chi connectivity index (χ1v) is 7.91. The first-order chi connectivity index (χ1) is 11.1. The van der Waals surface area contributed by atoms with Gasteiger partial charge in [0.05, 0.1) is 17.4 Å². The number of aromatic nitrogens is 1. The van der Waals surface area contributed by atoms with E-state index in [0.717, 1.165) is 31.6 Å². The van der Waals surface area contributed by atoms with Crippen LogP contribution in [-0.4, -0.2) is 24.0 Å². The molecule has 0 radical (unpaired) electrons. The average molecular weight is 315 g/mol. The fraction of sp³-hybridized carbons (Fsp3) is 0.333. The molecule has 0 unspecified atom stereocenters. The van der Waals surface area contributed by atoms with Gasteiger partial charge in [0, 0.05) is 25.0 Å². The van der Waals surface area contributed by atoms with Crippen LogP contribution in [0.5, 0.6) is 0 Å². The predicted octanol–water partition coefficient (Wildman–Crippen LogP) is 4.10. The summed E-state index contributed by atoms with van der Waals surface area (Å²) in [4.78, 5) is 18.7. The van der Waals surface area contributed by atoms with Crippen LogP contribution < -0.4 is 10.2 Å². The van der Waals surface area contributed by atoms with Crippen molar-refractivity contribution in [3.63, 3.8) is 0 Å². The van der Waals surface area contributed by atoms with Gasteiger partial charge in [-0.3, -0.25) is 9.78 Å². The van der Waals surface area contributed by atoms with Crippen LogP contribution in [0.3, 0.4) is 0 Å². The lowest BCUT2D eigenvalue weighted by molar-refractivity contribution is 0.102. The highest BCUT2D eigenvalue weighted by Crippen LogP contribution is 2.17. The third-order valence-electron chi connectivity index (χ3n) is 3.44. The van der Waals surface area contributed by atoms with Crippen molar-refractivity contribution in [2.24, 2.45) is 0 Å². The number of amides is 1. The molecule has 0 aliphatic heterocycles. The maximum Gasteiger partial charge on any atom is 0.257 e. The van der Waals surface area contributed by atoms with Crippen LogP contribution in [0.2, 0.25) is 0 Å². The van der Waals surface area contributed by atoms with Crippen molar-refractivity contribution in [3.05, 3.63) is 54.1 Å². The lowest BCUT2D eigenvalue weighted by Crippen LogP contribution is -2.25. The maximum atomic E-state index is 12.9. The zero-order chi connectivity index (χ0) is 16.7. The molecule has 23 heavy (non-hydrogen) atoms. The number of hydrogen-bond acceptors (Lipinski definition) is 3. The van der Waals surface area contributed by atoms with Crippen LogP contribution in [0.4, 0.5) is 15.8 Å². The Morgan fingerprint density at radius 1 is 1.13 bits per heavy atom. The molecule has 0 bridgehead atoms. The Balaban J connectivity index is 2.14. The number of benzene rings is 1. The molecule has 0 aliphatic carbocycles. The first kappa shape index (κ1) is 16.9. The Hall–Kier alpha value is -2.43. The topological polar surface area (TPSA) is 45.2 Å². The minimum Gasteiger partial charge on any atom is -0.370 e. The molecule has 1 aromatic heterocycles. The predicted molar refractivity (Wildman–Crippen MR) is 91.4 cm³/mol. The molecule has 1 N–H and O–H groups in total. The smallest absolute Gasteiger partial charge is 0.257 e. The molecule has 2 rings (SSSR count). The van der Waals surface area contributed by atoms with Gasteiger partial charge in [-0.25, -0.2) is 4.39 Å². The van der Waals surface area contributed by atoms with E-state index < -0.39 is 0 Å². The lowest BCUT2D eigenvalue weighted by atomic mass is 10.2. The number of carbonyl (C=O) groups excluding carboxylic acids is 1. The van der Waals surface area contributed by atoms with E-state index in [1.807, 2.05) is 6.07 Å². The monoisotopic (exact) mass is 315 g/mol. The second-order valence-electron chi connectivity index (χ2n) is 5.38. The molecule has 1 amide bonds. The van der Waals surface area contributed by atoms with Gasteiger partial charge >= 0.3 is 0 Å². The van der Waals surface area contributed by atoms with Gasteiger partial charge in [0.1, 0.15) is 5.82 Å². The van der Waals surface area contributed by atoms with E-state index in [0.29, 0.717) is 11.3 Å². The van der Waals surface area contributed by atoms with E-state index in [-0.39, 0.29) is 11.7 Å². The second-order valence-corrected chi connectivity index (χ2v) is 5.38. The van der Waals surface area contributed by atoms with Gasteiger partial charge in [-0.15, -0.1) is 0 Å². The van der Waals surface area contributed by atoms with Crippen molar-refractivity contribution >= 4 is 17.3 Å². The number of nitrogens with one attached hydrogen (secondary N) is 1. The molecular formula is C18H22FN3O. The molecule has 0 saturated heterocycles. The van der Waals surface area contributed by atoms with Gasteiger partial charge in [0.2, 0.25) is 0 Å². The number of hydrogen-bond donors (Lipinski definition) is 1. The molecule has 122 valence electrons. The van der Waals surface area contributed by atoms with E-state index in [1.54, 1.807) is 12.4 Å². The third-order valence-corrected chi connectivity index (χ3v) is 3.44. The number of rotatable bonds is 7. The molecule has 0 fully saturated rings. The summed E-state index contributed by atoms with van der Waals surface area (Å²) >= 11 is 0. The zero-order valence-electron chi connectivity index (χ0n) is 13.6. The van der Waals surface area contributed by atoms with Gasteiger partial charge < -0.3 is 10.2 Å². The van der Waals surface area contributed by atoms with Crippen molar-refractivity contribution in [2.45, 2.75) is 26.7 Å². The van der Waals surface area contributed by atoms with Crippen molar-refractivity contribution in [1.82, 2.24) is 4.98 Å². The number of pyridine rings is 1. The summed E-state index contributed by atoms with van der Waals surface area (Å²) in [6.07, 6.45) is 5.39. The minimum absolute atomic E-state index is 0.251. The summed E-state index contributed by atoms with van der Waals surface area (Å²) in [7, 11) is 0. The zero-order valence-corrected chi connectivity index (χ0v) is 13.6. The van der Waals surface area contributed by atoms with E-state index in [1.165, 1.54) is 24.3 Å². The first-order valence-electron chi connectivity index (χ1n) is 7.91. The highest BCUT2D eigenvalue weighted by molar-refractivity contribution is 6.04. The largest absolute Gasteiger partial charge is 0.370 e. The van der Waals surface area contributed by atoms with Gasteiger partial charge in [0.15, 0.2) is 0 Å². The maximum absolute atomic E-state index is 12.9. The Morgan fingerprint density at radius 2 is 1.78 bits per heavy atom. The van der Waals surface area contributed by atoms with Crippen molar-refractivity contribution < 1.29 is 9.18 Å². The van der Waals surface area contributed by atoms with Crippen molar-refractivity contribution in [2.75, 3.05) is 23.3 Å². The van der Waals surface area contributed by atoms with Crippen LogP contribution >= 0.6 is 0 Å².